The van der Waals surface area contributed by atoms with Crippen molar-refractivity contribution in [3.63, 3.8) is 0 Å². The molecule has 0 unspecified atom stereocenters. The number of fused-ring (bicyclic) bond motifs is 4. The molecule has 1 fully saturated rings. The van der Waals surface area contributed by atoms with Crippen molar-refractivity contribution in [1.29, 1.82) is 0 Å². The van der Waals surface area contributed by atoms with E-state index in [1.54, 1.807) is 6.07 Å². The number of ketones is 1. The van der Waals surface area contributed by atoms with E-state index >= 15 is 0 Å². The first-order valence-corrected chi connectivity index (χ1v) is 15.4. The van der Waals surface area contributed by atoms with Gasteiger partial charge in [0.25, 0.3) is 5.69 Å². The van der Waals surface area contributed by atoms with Crippen LogP contribution in [0.1, 0.15) is 62.3 Å². The number of benzene rings is 4. The maximum absolute atomic E-state index is 13.8. The molecule has 0 saturated carbocycles. The van der Waals surface area contributed by atoms with Gasteiger partial charge in [0.15, 0.2) is 5.78 Å². The molecule has 4 aromatic carbocycles. The number of nitrogens with zero attached hydrogens (tertiary/aromatic N) is 2. The fraction of sp³-hybridized carbons (Fsp3) is 0.324. The molecule has 218 valence electrons. The Morgan fingerprint density at radius 2 is 1.67 bits per heavy atom. The van der Waals surface area contributed by atoms with Crippen LogP contribution in [0.5, 0.6) is 0 Å². The van der Waals surface area contributed by atoms with Crippen LogP contribution in [0.2, 0.25) is 0 Å². The predicted molar refractivity (Wildman–Crippen MR) is 173 cm³/mol. The standard InChI is InChI=1S/C37H37N3O3/c1-37(2)22-29-34-28-11-7-6-10-26(28)12-14-30(34)38-36(35(29)33(41)23-37)27-13-15-31(32(21-27)40(42)43)39-18-16-25(17-19-39)20-24-8-4-3-5-9-24/h3-15,21,25,36,38H,16-20,22-23H2,1-2H3/t36-/m1/s1. The van der Waals surface area contributed by atoms with Crippen molar-refractivity contribution in [2.45, 2.75) is 52.0 Å². The number of carbonyl (C=O) groups is 1. The van der Waals surface area contributed by atoms with E-state index in [2.05, 4.69) is 72.6 Å². The first-order chi connectivity index (χ1) is 20.8. The Bertz CT molecular complexity index is 1770. The Morgan fingerprint density at radius 1 is 0.930 bits per heavy atom. The molecule has 4 aromatic rings. The van der Waals surface area contributed by atoms with Gasteiger partial charge in [0, 0.05) is 42.4 Å². The van der Waals surface area contributed by atoms with Gasteiger partial charge >= 0.3 is 0 Å². The van der Waals surface area contributed by atoms with Crippen molar-refractivity contribution in [2.24, 2.45) is 11.3 Å². The highest BCUT2D eigenvalue weighted by Gasteiger charge is 2.41. The van der Waals surface area contributed by atoms with E-state index in [1.807, 2.05) is 30.3 Å². The molecule has 0 bridgehead atoms. The van der Waals surface area contributed by atoms with Crippen molar-refractivity contribution in [2.75, 3.05) is 23.3 Å². The van der Waals surface area contributed by atoms with E-state index in [9.17, 15) is 14.9 Å². The van der Waals surface area contributed by atoms with Gasteiger partial charge in [0.1, 0.15) is 5.69 Å². The molecule has 6 nitrogen and oxygen atoms in total. The normalized spacial score (nSPS) is 20.0. The van der Waals surface area contributed by atoms with Crippen molar-refractivity contribution in [3.8, 4) is 0 Å². The Balaban J connectivity index is 1.23. The smallest absolute Gasteiger partial charge is 0.292 e. The Morgan fingerprint density at radius 3 is 2.44 bits per heavy atom. The molecule has 0 spiro atoms. The number of anilines is 2. The summed E-state index contributed by atoms with van der Waals surface area (Å²) >= 11 is 0. The SMILES string of the molecule is CC1(C)CC(=O)C2=C(C1)c1c(ccc3ccccc13)N[C@@H]2c1ccc(N2CCC(Cc3ccccc3)CC2)c([N+](=O)[O-])c1. The minimum atomic E-state index is -0.434. The monoisotopic (exact) mass is 571 g/mol. The summed E-state index contributed by atoms with van der Waals surface area (Å²) in [7, 11) is 0. The Hall–Kier alpha value is -4.45. The molecule has 0 amide bonds. The van der Waals surface area contributed by atoms with Crippen molar-refractivity contribution < 1.29 is 9.72 Å². The number of Topliss-reactive ketones (excluding diaryl/α,β-unsaturated/α-hetero) is 1. The number of hydrogen-bond donors (Lipinski definition) is 1. The maximum atomic E-state index is 13.8. The zero-order valence-corrected chi connectivity index (χ0v) is 24.8. The van der Waals surface area contributed by atoms with Crippen LogP contribution in [0, 0.1) is 21.4 Å². The number of nitro groups is 1. The number of carbonyl (C=O) groups excluding carboxylic acids is 1. The second-order valence-electron chi connectivity index (χ2n) is 13.2. The predicted octanol–water partition coefficient (Wildman–Crippen LogP) is 8.52. The van der Waals surface area contributed by atoms with Crippen LogP contribution < -0.4 is 10.2 Å². The Kier molecular flexibility index (Phi) is 6.80. The molecule has 7 rings (SSSR count). The molecule has 0 radical (unpaired) electrons. The van der Waals surface area contributed by atoms with Crippen LogP contribution in [0.3, 0.4) is 0 Å². The maximum Gasteiger partial charge on any atom is 0.292 e. The van der Waals surface area contributed by atoms with Crippen LogP contribution >= 0.6 is 0 Å². The molecule has 0 aromatic heterocycles. The third-order valence-corrected chi connectivity index (χ3v) is 9.59. The number of nitrogens with one attached hydrogen (secondary N) is 1. The molecular weight excluding hydrogens is 534 g/mol. The topological polar surface area (TPSA) is 75.5 Å². The molecule has 1 atom stereocenters. The summed E-state index contributed by atoms with van der Waals surface area (Å²) in [6.07, 6.45) is 4.29. The summed E-state index contributed by atoms with van der Waals surface area (Å²) in [5, 5.41) is 18.4. The van der Waals surface area contributed by atoms with E-state index in [4.69, 9.17) is 0 Å². The lowest BCUT2D eigenvalue weighted by Crippen LogP contribution is -2.35. The van der Waals surface area contributed by atoms with E-state index in [0.717, 1.165) is 77.5 Å². The molecule has 1 N–H and O–H groups in total. The molecule has 6 heteroatoms. The summed E-state index contributed by atoms with van der Waals surface area (Å²) in [4.78, 5) is 28.2. The van der Waals surface area contributed by atoms with Crippen molar-refractivity contribution >= 4 is 39.2 Å². The van der Waals surface area contributed by atoms with E-state index in [0.29, 0.717) is 18.0 Å². The van der Waals surface area contributed by atoms with Gasteiger partial charge in [-0.3, -0.25) is 14.9 Å². The number of nitro benzene ring substituents is 1. The van der Waals surface area contributed by atoms with Crippen LogP contribution in [0.15, 0.2) is 90.5 Å². The zero-order chi connectivity index (χ0) is 29.7. The minimum Gasteiger partial charge on any atom is -0.373 e. The fourth-order valence-electron chi connectivity index (χ4n) is 7.55. The molecular formula is C37H37N3O3. The van der Waals surface area contributed by atoms with Gasteiger partial charge in [-0.25, -0.2) is 0 Å². The molecule has 1 saturated heterocycles. The first-order valence-electron chi connectivity index (χ1n) is 15.4. The van der Waals surface area contributed by atoms with E-state index in [-0.39, 0.29) is 21.8 Å². The first kappa shape index (κ1) is 27.4. The van der Waals surface area contributed by atoms with Gasteiger partial charge in [0.05, 0.1) is 11.0 Å². The summed E-state index contributed by atoms with van der Waals surface area (Å²) in [6, 6.07) is 28.2. The lowest BCUT2D eigenvalue weighted by atomic mass is 9.68. The molecule has 1 aliphatic carbocycles. The zero-order valence-electron chi connectivity index (χ0n) is 24.8. The number of rotatable bonds is 5. The van der Waals surface area contributed by atoms with Crippen molar-refractivity contribution in [1.82, 2.24) is 0 Å². The summed E-state index contributed by atoms with van der Waals surface area (Å²) in [5.41, 5.74) is 6.62. The highest BCUT2D eigenvalue weighted by molar-refractivity contribution is 6.12. The average Bonchev–Trinajstić information content (AvgIpc) is 3.00. The van der Waals surface area contributed by atoms with E-state index < -0.39 is 6.04 Å². The molecule has 3 aliphatic rings. The average molecular weight is 572 g/mol. The Labute approximate surface area is 252 Å². The van der Waals surface area contributed by atoms with Gasteiger partial charge in [-0.1, -0.05) is 80.6 Å². The minimum absolute atomic E-state index is 0.107. The van der Waals surface area contributed by atoms with Crippen LogP contribution in [0.4, 0.5) is 17.1 Å². The third-order valence-electron chi connectivity index (χ3n) is 9.59. The highest BCUT2D eigenvalue weighted by Crippen LogP contribution is 2.52. The fourth-order valence-corrected chi connectivity index (χ4v) is 7.55. The number of piperidine rings is 1. The van der Waals surface area contributed by atoms with Gasteiger partial charge < -0.3 is 10.2 Å². The van der Waals surface area contributed by atoms with Crippen LogP contribution in [-0.4, -0.2) is 23.8 Å². The van der Waals surface area contributed by atoms with Gasteiger partial charge in [-0.15, -0.1) is 0 Å². The third kappa shape index (κ3) is 5.09. The number of hydrogen-bond acceptors (Lipinski definition) is 5. The second-order valence-corrected chi connectivity index (χ2v) is 13.2. The second kappa shape index (κ2) is 10.7. The molecule has 2 aliphatic heterocycles. The van der Waals surface area contributed by atoms with Crippen molar-refractivity contribution in [3.05, 3.63) is 117 Å². The van der Waals surface area contributed by atoms with E-state index in [1.165, 1.54) is 5.56 Å². The summed E-state index contributed by atoms with van der Waals surface area (Å²) < 4.78 is 0. The van der Waals surface area contributed by atoms with Crippen LogP contribution in [0.25, 0.3) is 16.3 Å². The summed E-state index contributed by atoms with van der Waals surface area (Å²) in [5.74, 6) is 0.695. The molecule has 2 heterocycles. The van der Waals surface area contributed by atoms with Crippen LogP contribution in [-0.2, 0) is 11.2 Å². The quantitative estimate of drug-likeness (QED) is 0.192. The number of allylic oxidation sites excluding steroid dienone is 1. The molecule has 43 heavy (non-hydrogen) atoms. The largest absolute Gasteiger partial charge is 0.373 e. The summed E-state index contributed by atoms with van der Waals surface area (Å²) in [6.45, 7) is 5.89. The van der Waals surface area contributed by atoms with Gasteiger partial charge in [0.2, 0.25) is 0 Å². The lowest BCUT2D eigenvalue weighted by molar-refractivity contribution is -0.384. The highest BCUT2D eigenvalue weighted by atomic mass is 16.6. The lowest BCUT2D eigenvalue weighted by Gasteiger charge is -2.40. The van der Waals surface area contributed by atoms with Gasteiger partial charge in [-0.05, 0) is 76.6 Å². The van der Waals surface area contributed by atoms with Gasteiger partial charge in [-0.2, -0.15) is 0 Å².